The molecule has 13 heteroatoms. The molecule has 1 aromatic rings. The van der Waals surface area contributed by atoms with E-state index in [-0.39, 0.29) is 11.6 Å². The summed E-state index contributed by atoms with van der Waals surface area (Å²) in [6, 6.07) is 0. The van der Waals surface area contributed by atoms with Gasteiger partial charge in [-0.2, -0.15) is 8.42 Å². The zero-order chi connectivity index (χ0) is 25.3. The summed E-state index contributed by atoms with van der Waals surface area (Å²) >= 11 is 0. The summed E-state index contributed by atoms with van der Waals surface area (Å²) in [5.74, 6) is -0.399. The first-order valence-electron chi connectivity index (χ1n) is 11.6. The number of nitrogens with one attached hydrogen (secondary N) is 2. The normalized spacial score (nSPS) is 34.9. The van der Waals surface area contributed by atoms with Crippen molar-refractivity contribution in [3.63, 3.8) is 0 Å². The van der Waals surface area contributed by atoms with Crippen LogP contribution < -0.4 is 16.6 Å². The maximum Gasteiger partial charge on any atom is 0.330 e. The van der Waals surface area contributed by atoms with Crippen LogP contribution in [-0.2, 0) is 28.2 Å². The van der Waals surface area contributed by atoms with Crippen LogP contribution in [0.5, 0.6) is 0 Å². The van der Waals surface area contributed by atoms with Crippen molar-refractivity contribution in [1.82, 2.24) is 14.9 Å². The van der Waals surface area contributed by atoms with E-state index in [9.17, 15) is 18.0 Å². The summed E-state index contributed by atoms with van der Waals surface area (Å²) in [7, 11) is -6.54. The number of nitrogens with zero attached hydrogens (tertiary/aromatic N) is 1. The molecule has 0 saturated carbocycles. The average Bonchev–Trinajstić information content (AvgIpc) is 3.23. The van der Waals surface area contributed by atoms with Gasteiger partial charge in [-0.3, -0.25) is 23.8 Å². The molecular weight excluding hydrogens is 482 g/mol. The van der Waals surface area contributed by atoms with E-state index in [1.165, 1.54) is 10.8 Å². The lowest BCUT2D eigenvalue weighted by Gasteiger charge is -2.45. The number of hydrogen-bond acceptors (Lipinski definition) is 9. The van der Waals surface area contributed by atoms with Crippen LogP contribution >= 0.6 is 0 Å². The Labute approximate surface area is 200 Å². The van der Waals surface area contributed by atoms with E-state index in [4.69, 9.17) is 18.1 Å². The Hall–Kier alpha value is -1.35. The number of rotatable bonds is 6. The second-order valence-corrected chi connectivity index (χ2v) is 17.3. The molecule has 192 valence electrons. The molecular formula is C21H35N3O8SSi. The molecule has 4 rings (SSSR count). The molecule has 1 spiro atoms. The Morgan fingerprint density at radius 1 is 1.29 bits per heavy atom. The first-order chi connectivity index (χ1) is 15.6. The third-order valence-corrected chi connectivity index (χ3v) is 13.3. The Balaban J connectivity index is 1.92. The fraction of sp³-hybridized carbons (Fsp3) is 0.810. The second-order valence-electron chi connectivity index (χ2n) is 10.9. The topological polar surface area (TPSA) is 138 Å². The Bertz CT molecular complexity index is 1190. The lowest BCUT2D eigenvalue weighted by molar-refractivity contribution is -0.168. The molecule has 0 aliphatic carbocycles. The van der Waals surface area contributed by atoms with Gasteiger partial charge in [-0.25, -0.2) is 4.79 Å². The molecule has 5 atom stereocenters. The molecule has 3 aliphatic rings. The van der Waals surface area contributed by atoms with Gasteiger partial charge < -0.3 is 13.9 Å². The van der Waals surface area contributed by atoms with E-state index in [0.29, 0.717) is 18.6 Å². The van der Waals surface area contributed by atoms with E-state index in [2.05, 4.69) is 31.1 Å². The van der Waals surface area contributed by atoms with E-state index >= 15 is 0 Å². The Morgan fingerprint density at radius 2 is 1.97 bits per heavy atom. The highest BCUT2D eigenvalue weighted by molar-refractivity contribution is 7.87. The minimum Gasteiger partial charge on any atom is -0.406 e. The minimum absolute atomic E-state index is 0.228. The molecule has 0 amide bonds. The largest absolute Gasteiger partial charge is 0.406 e. The van der Waals surface area contributed by atoms with Crippen LogP contribution in [0.15, 0.2) is 15.8 Å². The Kier molecular flexibility index (Phi) is 6.12. The van der Waals surface area contributed by atoms with Crippen LogP contribution in [0.25, 0.3) is 0 Å². The van der Waals surface area contributed by atoms with E-state index in [1.807, 2.05) is 20.0 Å². The highest BCUT2D eigenvalue weighted by Gasteiger charge is 2.80. The molecule has 2 N–H and O–H groups in total. The van der Waals surface area contributed by atoms with Gasteiger partial charge in [-0.15, -0.1) is 0 Å². The van der Waals surface area contributed by atoms with Crippen LogP contribution in [0.2, 0.25) is 18.1 Å². The predicted molar refractivity (Wildman–Crippen MR) is 127 cm³/mol. The lowest BCUT2D eigenvalue weighted by Crippen LogP contribution is -2.66. The van der Waals surface area contributed by atoms with E-state index in [1.54, 1.807) is 6.92 Å². The Morgan fingerprint density at radius 3 is 2.59 bits per heavy atom. The quantitative estimate of drug-likeness (QED) is 0.417. The minimum atomic E-state index is -3.99. The van der Waals surface area contributed by atoms with Crippen LogP contribution in [0.3, 0.4) is 0 Å². The van der Waals surface area contributed by atoms with Crippen molar-refractivity contribution in [3.05, 3.63) is 32.6 Å². The zero-order valence-electron chi connectivity index (χ0n) is 20.8. The molecule has 3 aliphatic heterocycles. The maximum absolute atomic E-state index is 12.9. The molecule has 3 saturated heterocycles. The van der Waals surface area contributed by atoms with Gasteiger partial charge in [0, 0.05) is 24.9 Å². The molecule has 34 heavy (non-hydrogen) atoms. The average molecular weight is 518 g/mol. The SMILES string of the molecule is CCCO[C@]12CS(=O)(=O)O[C@@]13[C@@H](CN2)O[C@@H](n1cc(C)c(=O)[nH]c1=O)[C@@H]3O[Si](C)(C)C(C)(C)C. The first kappa shape index (κ1) is 25.7. The van der Waals surface area contributed by atoms with Crippen molar-refractivity contribution < 1.29 is 26.5 Å². The van der Waals surface area contributed by atoms with Gasteiger partial charge in [0.05, 0.1) is 0 Å². The highest BCUT2D eigenvalue weighted by Crippen LogP contribution is 2.57. The van der Waals surface area contributed by atoms with Crippen molar-refractivity contribution in [3.8, 4) is 0 Å². The number of H-pyrrole nitrogens is 1. The summed E-state index contributed by atoms with van der Waals surface area (Å²) in [4.78, 5) is 27.2. The molecule has 0 radical (unpaired) electrons. The van der Waals surface area contributed by atoms with Crippen LogP contribution in [-0.4, -0.2) is 68.7 Å². The van der Waals surface area contributed by atoms with Gasteiger partial charge in [0.15, 0.2) is 25.9 Å². The molecule has 0 unspecified atom stereocenters. The van der Waals surface area contributed by atoms with Gasteiger partial charge in [-0.1, -0.05) is 27.7 Å². The predicted octanol–water partition coefficient (Wildman–Crippen LogP) is 0.958. The molecule has 0 aromatic carbocycles. The summed E-state index contributed by atoms with van der Waals surface area (Å²) in [5, 5.41) is 2.99. The number of hydrogen-bond donors (Lipinski definition) is 2. The standard InChI is InChI=1S/C21H35N3O8SSi/c1-8-9-29-20-12-33(27,28)32-21(20)14(10-22-20)30-17(15(21)31-34(6,7)19(3,4)5)24-11-13(2)16(25)23-18(24)26/h11,14-15,17,22H,8-10,12H2,1-7H3,(H,23,25,26)/t14-,15+,17-,20-,21-/m1/s1. The summed E-state index contributed by atoms with van der Waals surface area (Å²) in [6.45, 7) is 14.3. The number of aryl methyl sites for hydroxylation is 1. The maximum atomic E-state index is 12.9. The highest BCUT2D eigenvalue weighted by atomic mass is 32.2. The van der Waals surface area contributed by atoms with Gasteiger partial charge in [-0.05, 0) is 31.5 Å². The summed E-state index contributed by atoms with van der Waals surface area (Å²) < 4.78 is 52.3. The van der Waals surface area contributed by atoms with Crippen LogP contribution in [0.1, 0.15) is 45.9 Å². The van der Waals surface area contributed by atoms with E-state index in [0.717, 1.165) is 0 Å². The van der Waals surface area contributed by atoms with Crippen molar-refractivity contribution in [2.24, 2.45) is 0 Å². The zero-order valence-corrected chi connectivity index (χ0v) is 22.6. The number of aromatic nitrogens is 2. The van der Waals surface area contributed by atoms with Crippen molar-refractivity contribution in [1.29, 1.82) is 0 Å². The smallest absolute Gasteiger partial charge is 0.330 e. The number of aromatic amines is 1. The third kappa shape index (κ3) is 3.76. The van der Waals surface area contributed by atoms with Crippen molar-refractivity contribution >= 4 is 18.4 Å². The molecule has 4 heterocycles. The summed E-state index contributed by atoms with van der Waals surface area (Å²) in [6.07, 6.45) is -0.703. The monoisotopic (exact) mass is 517 g/mol. The fourth-order valence-electron chi connectivity index (χ4n) is 4.75. The molecule has 11 nitrogen and oxygen atoms in total. The second kappa shape index (κ2) is 8.08. The molecule has 3 fully saturated rings. The van der Waals surface area contributed by atoms with Crippen molar-refractivity contribution in [2.45, 2.75) is 88.9 Å². The molecule has 0 bridgehead atoms. The molecule has 1 aromatic heterocycles. The lowest BCUT2D eigenvalue weighted by atomic mass is 9.85. The fourth-order valence-corrected chi connectivity index (χ4v) is 7.75. The number of ether oxygens (including phenoxy) is 2. The van der Waals surface area contributed by atoms with E-state index < -0.39 is 65.2 Å². The third-order valence-electron chi connectivity index (χ3n) is 7.51. The van der Waals surface area contributed by atoms with Crippen molar-refractivity contribution in [2.75, 3.05) is 18.9 Å². The van der Waals surface area contributed by atoms with Gasteiger partial charge in [0.2, 0.25) is 0 Å². The van der Waals surface area contributed by atoms with Gasteiger partial charge in [0.25, 0.3) is 15.7 Å². The van der Waals surface area contributed by atoms with Crippen LogP contribution in [0.4, 0.5) is 0 Å². The first-order valence-corrected chi connectivity index (χ1v) is 16.1. The van der Waals surface area contributed by atoms with Crippen LogP contribution in [0, 0.1) is 6.92 Å². The summed E-state index contributed by atoms with van der Waals surface area (Å²) in [5.41, 5.74) is -3.79. The van der Waals surface area contributed by atoms with Gasteiger partial charge in [0.1, 0.15) is 18.0 Å². The van der Waals surface area contributed by atoms with Gasteiger partial charge >= 0.3 is 5.69 Å².